The van der Waals surface area contributed by atoms with Crippen LogP contribution in [0.15, 0.2) is 77.2 Å². The van der Waals surface area contributed by atoms with Gasteiger partial charge in [-0.25, -0.2) is 0 Å². The monoisotopic (exact) mass is 402 g/mol. The van der Waals surface area contributed by atoms with Crippen LogP contribution >= 0.6 is 0 Å². The van der Waals surface area contributed by atoms with Gasteiger partial charge in [-0.15, -0.1) is 0 Å². The fourth-order valence-electron chi connectivity index (χ4n) is 4.98. The Morgan fingerprint density at radius 1 is 0.677 bits per heavy atom. The zero-order valence-electron chi connectivity index (χ0n) is 18.3. The Labute approximate surface area is 181 Å². The number of hydrogen-bond acceptors (Lipinski definition) is 1. The molecule has 31 heavy (non-hydrogen) atoms. The first-order valence-electron chi connectivity index (χ1n) is 10.8. The lowest BCUT2D eigenvalue weighted by Crippen LogP contribution is -2.32. The Kier molecular flexibility index (Phi) is 3.76. The van der Waals surface area contributed by atoms with Gasteiger partial charge in [0.15, 0.2) is 0 Å². The average Bonchev–Trinajstić information content (AvgIpc) is 3.12. The van der Waals surface area contributed by atoms with Crippen molar-refractivity contribution in [2.24, 2.45) is 7.05 Å². The number of aromatic nitrogens is 1. The highest BCUT2D eigenvalue weighted by Crippen LogP contribution is 2.40. The second kappa shape index (κ2) is 6.42. The zero-order chi connectivity index (χ0) is 21.3. The number of para-hydroxylation sites is 1. The van der Waals surface area contributed by atoms with Crippen molar-refractivity contribution in [3.8, 4) is 11.3 Å². The van der Waals surface area contributed by atoms with Crippen molar-refractivity contribution >= 4 is 43.6 Å². The third-order valence-electron chi connectivity index (χ3n) is 6.81. The van der Waals surface area contributed by atoms with Gasteiger partial charge >= 0.3 is 0 Å². The molecule has 2 heterocycles. The molecule has 0 amide bonds. The smallest absolute Gasteiger partial charge is 0.217 e. The highest BCUT2D eigenvalue weighted by molar-refractivity contribution is 6.13. The first kappa shape index (κ1) is 18.1. The summed E-state index contributed by atoms with van der Waals surface area (Å²) < 4.78 is 8.87. The van der Waals surface area contributed by atoms with Gasteiger partial charge in [0.25, 0.3) is 0 Å². The molecule has 0 aliphatic rings. The van der Waals surface area contributed by atoms with Crippen LogP contribution in [0.4, 0.5) is 0 Å². The van der Waals surface area contributed by atoms with E-state index in [2.05, 4.69) is 105 Å². The minimum Gasteiger partial charge on any atom is -0.455 e. The summed E-state index contributed by atoms with van der Waals surface area (Å²) in [6.07, 6.45) is 0. The molecule has 4 aromatic carbocycles. The Balaban J connectivity index is 1.78. The molecule has 0 saturated carbocycles. The van der Waals surface area contributed by atoms with Crippen LogP contribution in [-0.4, -0.2) is 0 Å². The number of furan rings is 1. The molecule has 0 aliphatic heterocycles. The number of nitrogens with zero attached hydrogens (tertiary/aromatic N) is 1. The normalized spacial score (nSPS) is 11.9. The van der Waals surface area contributed by atoms with Crippen molar-refractivity contribution in [2.75, 3.05) is 0 Å². The van der Waals surface area contributed by atoms with Gasteiger partial charge in [0.2, 0.25) is 11.2 Å². The minimum absolute atomic E-state index is 0.945. The van der Waals surface area contributed by atoms with Gasteiger partial charge in [0, 0.05) is 28.3 Å². The summed E-state index contributed by atoms with van der Waals surface area (Å²) in [5.41, 5.74) is 9.34. The number of hydrogen-bond donors (Lipinski definition) is 0. The molecule has 0 radical (unpaired) electrons. The van der Waals surface area contributed by atoms with E-state index in [1.54, 1.807) is 0 Å². The zero-order valence-corrected chi connectivity index (χ0v) is 18.3. The molecule has 2 heteroatoms. The Morgan fingerprint density at radius 3 is 2.19 bits per heavy atom. The maximum absolute atomic E-state index is 6.58. The predicted molar refractivity (Wildman–Crippen MR) is 130 cm³/mol. The van der Waals surface area contributed by atoms with Crippen molar-refractivity contribution in [2.45, 2.75) is 20.8 Å². The van der Waals surface area contributed by atoms with Crippen LogP contribution in [0, 0.1) is 20.8 Å². The topological polar surface area (TPSA) is 17.0 Å². The molecule has 0 fully saturated rings. The Bertz CT molecular complexity index is 1670. The fraction of sp³-hybridized carbons (Fsp3) is 0.138. The number of benzene rings is 4. The van der Waals surface area contributed by atoms with Gasteiger partial charge in [-0.1, -0.05) is 36.4 Å². The van der Waals surface area contributed by atoms with Gasteiger partial charge in [-0.3, -0.25) is 0 Å². The molecule has 0 bridgehead atoms. The molecule has 6 aromatic rings. The summed E-state index contributed by atoms with van der Waals surface area (Å²) in [6.45, 7) is 6.60. The molecule has 6 rings (SSSR count). The molecular weight excluding hydrogens is 378 g/mol. The van der Waals surface area contributed by atoms with Crippen LogP contribution in [-0.2, 0) is 7.05 Å². The molecule has 150 valence electrons. The van der Waals surface area contributed by atoms with Crippen LogP contribution in [0.1, 0.15) is 16.7 Å². The summed E-state index contributed by atoms with van der Waals surface area (Å²) in [6, 6.07) is 26.1. The molecule has 2 aromatic heterocycles. The van der Waals surface area contributed by atoms with E-state index in [0.29, 0.717) is 0 Å². The Hall–Kier alpha value is -3.65. The number of fused-ring (bicyclic) bond motifs is 5. The highest BCUT2D eigenvalue weighted by atomic mass is 16.3. The van der Waals surface area contributed by atoms with E-state index in [9.17, 15) is 0 Å². The molecule has 0 aliphatic carbocycles. The van der Waals surface area contributed by atoms with E-state index in [-0.39, 0.29) is 0 Å². The van der Waals surface area contributed by atoms with Crippen LogP contribution in [0.2, 0.25) is 0 Å². The van der Waals surface area contributed by atoms with E-state index in [0.717, 1.165) is 11.2 Å². The maximum Gasteiger partial charge on any atom is 0.217 e. The fourth-order valence-corrected chi connectivity index (χ4v) is 4.98. The number of aryl methyl sites for hydroxylation is 3. The van der Waals surface area contributed by atoms with E-state index in [1.165, 1.54) is 60.4 Å². The molecular formula is C29H24NO+. The molecule has 0 N–H and O–H groups in total. The minimum atomic E-state index is 0.945. The summed E-state index contributed by atoms with van der Waals surface area (Å²) in [5, 5.41) is 6.09. The van der Waals surface area contributed by atoms with Crippen molar-refractivity contribution in [3.05, 3.63) is 89.5 Å². The average molecular weight is 403 g/mol. The summed E-state index contributed by atoms with van der Waals surface area (Å²) in [5.74, 6) is 0. The number of pyridine rings is 1. The lowest BCUT2D eigenvalue weighted by Gasteiger charge is -2.11. The number of rotatable bonds is 1. The van der Waals surface area contributed by atoms with E-state index < -0.39 is 0 Å². The van der Waals surface area contributed by atoms with E-state index >= 15 is 0 Å². The largest absolute Gasteiger partial charge is 0.455 e. The molecule has 2 nitrogen and oxygen atoms in total. The second-order valence-electron chi connectivity index (χ2n) is 8.66. The lowest BCUT2D eigenvalue weighted by molar-refractivity contribution is -0.633. The molecule has 0 spiro atoms. The van der Waals surface area contributed by atoms with Gasteiger partial charge in [-0.2, -0.15) is 4.57 Å². The van der Waals surface area contributed by atoms with Crippen LogP contribution < -0.4 is 4.57 Å². The Morgan fingerprint density at radius 2 is 1.39 bits per heavy atom. The lowest BCUT2D eigenvalue weighted by atomic mass is 9.94. The molecule has 0 atom stereocenters. The van der Waals surface area contributed by atoms with Crippen molar-refractivity contribution in [3.63, 3.8) is 0 Å². The first-order valence-corrected chi connectivity index (χ1v) is 10.8. The highest BCUT2D eigenvalue weighted by Gasteiger charge is 2.24. The molecule has 0 unspecified atom stereocenters. The van der Waals surface area contributed by atoms with Crippen LogP contribution in [0.3, 0.4) is 0 Å². The van der Waals surface area contributed by atoms with Crippen molar-refractivity contribution < 1.29 is 8.98 Å². The predicted octanol–water partition coefficient (Wildman–Crippen LogP) is 7.31. The first-order chi connectivity index (χ1) is 15.0. The summed E-state index contributed by atoms with van der Waals surface area (Å²) in [7, 11) is 2.15. The van der Waals surface area contributed by atoms with Gasteiger partial charge in [-0.05, 0) is 72.5 Å². The van der Waals surface area contributed by atoms with Crippen molar-refractivity contribution in [1.82, 2.24) is 0 Å². The third-order valence-corrected chi connectivity index (χ3v) is 6.81. The second-order valence-corrected chi connectivity index (χ2v) is 8.66. The van der Waals surface area contributed by atoms with Crippen LogP contribution in [0.5, 0.6) is 0 Å². The van der Waals surface area contributed by atoms with Gasteiger partial charge in [0.1, 0.15) is 18.2 Å². The standard InChI is InChI=1S/C29H24NO/c1-17-13-24-23-15-20-9-5-6-10-21(20)16-27(23)31-29(24)28(19(17)3)26-14-18(2)22-11-7-8-12-25(22)30(26)4/h5-16H,1-4H3/q+1. The van der Waals surface area contributed by atoms with E-state index in [4.69, 9.17) is 4.42 Å². The van der Waals surface area contributed by atoms with E-state index in [1.807, 2.05) is 0 Å². The van der Waals surface area contributed by atoms with Crippen LogP contribution in [0.25, 0.3) is 54.9 Å². The molecule has 0 saturated heterocycles. The van der Waals surface area contributed by atoms with Crippen molar-refractivity contribution in [1.29, 1.82) is 0 Å². The van der Waals surface area contributed by atoms with Gasteiger partial charge < -0.3 is 4.42 Å². The summed E-state index contributed by atoms with van der Waals surface area (Å²) in [4.78, 5) is 0. The third kappa shape index (κ3) is 2.55. The summed E-state index contributed by atoms with van der Waals surface area (Å²) >= 11 is 0. The SMILES string of the molecule is Cc1cc2c(oc3cc4ccccc4cc32)c(-c2cc(C)c3ccccc3[n+]2C)c1C. The maximum atomic E-state index is 6.58. The quantitative estimate of drug-likeness (QED) is 0.264. The van der Waals surface area contributed by atoms with Gasteiger partial charge in [0.05, 0.1) is 5.56 Å².